The Morgan fingerprint density at radius 3 is 1.85 bits per heavy atom. The number of amidine groups is 1. The first-order valence-corrected chi connectivity index (χ1v) is 10.7. The fourth-order valence-corrected chi connectivity index (χ4v) is 2.91. The summed E-state index contributed by atoms with van der Waals surface area (Å²) in [6.45, 7) is 11.4. The van der Waals surface area contributed by atoms with Gasteiger partial charge >= 0.3 is 12.2 Å². The summed E-state index contributed by atoms with van der Waals surface area (Å²) in [4.78, 5) is 34.5. The molecule has 1 heterocycles. The third kappa shape index (κ3) is 8.43. The lowest BCUT2D eigenvalue weighted by Gasteiger charge is -2.31. The highest BCUT2D eigenvalue weighted by atomic mass is 16.6. The van der Waals surface area contributed by atoms with Crippen LogP contribution in [0, 0.1) is 0 Å². The van der Waals surface area contributed by atoms with Crippen molar-refractivity contribution in [2.45, 2.75) is 58.8 Å². The molecule has 0 atom stereocenters. The van der Waals surface area contributed by atoms with E-state index in [0.717, 1.165) is 0 Å². The zero-order chi connectivity index (χ0) is 24.8. The topological polar surface area (TPSA) is 142 Å². The van der Waals surface area contributed by atoms with Gasteiger partial charge < -0.3 is 24.8 Å². The Morgan fingerprint density at radius 2 is 1.42 bits per heavy atom. The van der Waals surface area contributed by atoms with Crippen molar-refractivity contribution in [1.29, 1.82) is 0 Å². The predicted molar refractivity (Wildman–Crippen MR) is 122 cm³/mol. The minimum absolute atomic E-state index is 0.120. The van der Waals surface area contributed by atoms with Gasteiger partial charge in [-0.15, -0.1) is 0 Å². The van der Waals surface area contributed by atoms with Crippen LogP contribution in [0.3, 0.4) is 0 Å². The number of hydrogen-bond acceptors (Lipinski definition) is 8. The SMILES string of the molecule is CC(C)(C)OC(=O)N1CC(N=C(N)c2ccc(OCCON)cc2)CN1C(=O)OC(C)(C)C. The van der Waals surface area contributed by atoms with Crippen LogP contribution in [0.2, 0.25) is 0 Å². The molecule has 1 fully saturated rings. The maximum atomic E-state index is 12.7. The highest BCUT2D eigenvalue weighted by Gasteiger charge is 2.41. The fraction of sp³-hybridized carbons (Fsp3) is 0.591. The quantitative estimate of drug-likeness (QED) is 0.282. The molecule has 1 aromatic carbocycles. The highest BCUT2D eigenvalue weighted by molar-refractivity contribution is 5.97. The highest BCUT2D eigenvalue weighted by Crippen LogP contribution is 2.22. The van der Waals surface area contributed by atoms with Crippen molar-refractivity contribution in [3.8, 4) is 5.75 Å². The second-order valence-corrected chi connectivity index (χ2v) is 9.54. The molecule has 33 heavy (non-hydrogen) atoms. The zero-order valence-corrected chi connectivity index (χ0v) is 20.2. The number of ether oxygens (including phenoxy) is 3. The molecule has 1 aromatic rings. The summed E-state index contributed by atoms with van der Waals surface area (Å²) in [6, 6.07) is 6.58. The fourth-order valence-electron chi connectivity index (χ4n) is 2.91. The average molecular weight is 466 g/mol. The molecule has 1 aliphatic rings. The summed E-state index contributed by atoms with van der Waals surface area (Å²) in [5.74, 6) is 5.88. The van der Waals surface area contributed by atoms with Gasteiger partial charge in [0.25, 0.3) is 0 Å². The molecule has 0 spiro atoms. The largest absolute Gasteiger partial charge is 0.491 e. The van der Waals surface area contributed by atoms with Crippen molar-refractivity contribution in [3.05, 3.63) is 29.8 Å². The van der Waals surface area contributed by atoms with Gasteiger partial charge in [-0.25, -0.2) is 25.5 Å². The number of rotatable bonds is 6. The summed E-state index contributed by atoms with van der Waals surface area (Å²) in [5.41, 5.74) is 5.42. The molecule has 1 saturated heterocycles. The predicted octanol–water partition coefficient (Wildman–Crippen LogP) is 2.43. The maximum Gasteiger partial charge on any atom is 0.429 e. The molecule has 0 aromatic heterocycles. The van der Waals surface area contributed by atoms with E-state index in [-0.39, 0.29) is 25.5 Å². The first kappa shape index (κ1) is 26.2. The van der Waals surface area contributed by atoms with Gasteiger partial charge in [-0.3, -0.25) is 4.99 Å². The van der Waals surface area contributed by atoms with Crippen molar-refractivity contribution in [3.63, 3.8) is 0 Å². The van der Waals surface area contributed by atoms with E-state index in [1.807, 2.05) is 0 Å². The molecule has 4 N–H and O–H groups in total. The minimum Gasteiger partial charge on any atom is -0.491 e. The average Bonchev–Trinajstić information content (AvgIpc) is 3.10. The van der Waals surface area contributed by atoms with Crippen LogP contribution < -0.4 is 16.4 Å². The van der Waals surface area contributed by atoms with E-state index in [1.54, 1.807) is 65.8 Å². The van der Waals surface area contributed by atoms with E-state index in [0.29, 0.717) is 17.9 Å². The van der Waals surface area contributed by atoms with Gasteiger partial charge in [-0.1, -0.05) is 0 Å². The summed E-state index contributed by atoms with van der Waals surface area (Å²) < 4.78 is 16.4. The number of hydrogen-bond donors (Lipinski definition) is 2. The van der Waals surface area contributed by atoms with Gasteiger partial charge in [0, 0.05) is 5.56 Å². The van der Waals surface area contributed by atoms with Crippen LogP contribution in [0.5, 0.6) is 5.75 Å². The third-order valence-corrected chi connectivity index (χ3v) is 4.21. The van der Waals surface area contributed by atoms with Crippen LogP contribution in [0.15, 0.2) is 29.3 Å². The molecular formula is C22H35N5O6. The van der Waals surface area contributed by atoms with Crippen LogP contribution >= 0.6 is 0 Å². The first-order chi connectivity index (χ1) is 15.3. The Morgan fingerprint density at radius 1 is 0.939 bits per heavy atom. The lowest BCUT2D eigenvalue weighted by atomic mass is 10.2. The van der Waals surface area contributed by atoms with E-state index in [4.69, 9.17) is 25.8 Å². The van der Waals surface area contributed by atoms with Crippen LogP contribution in [-0.2, 0) is 14.3 Å². The zero-order valence-electron chi connectivity index (χ0n) is 20.2. The van der Waals surface area contributed by atoms with E-state index >= 15 is 0 Å². The number of nitrogens with zero attached hydrogens (tertiary/aromatic N) is 3. The molecule has 184 valence electrons. The first-order valence-electron chi connectivity index (χ1n) is 10.7. The Labute approximate surface area is 194 Å². The molecule has 11 heteroatoms. The summed E-state index contributed by atoms with van der Waals surface area (Å²) in [6.07, 6.45) is -1.32. The summed E-state index contributed by atoms with van der Waals surface area (Å²) >= 11 is 0. The number of benzene rings is 1. The number of aliphatic imine (C=N–C) groups is 1. The van der Waals surface area contributed by atoms with Crippen LogP contribution in [0.25, 0.3) is 0 Å². The van der Waals surface area contributed by atoms with Gasteiger partial charge in [0.1, 0.15) is 36.0 Å². The van der Waals surface area contributed by atoms with E-state index < -0.39 is 29.4 Å². The molecule has 2 amide bonds. The van der Waals surface area contributed by atoms with Crippen LogP contribution in [0.1, 0.15) is 47.1 Å². The van der Waals surface area contributed by atoms with Crippen molar-refractivity contribution in [2.75, 3.05) is 26.3 Å². The number of carbonyl (C=O) groups excluding carboxylic acids is 2. The van der Waals surface area contributed by atoms with Gasteiger partial charge in [-0.2, -0.15) is 0 Å². The number of nitrogens with two attached hydrogens (primary N) is 2. The molecular weight excluding hydrogens is 430 g/mol. The van der Waals surface area contributed by atoms with Crippen LogP contribution in [0.4, 0.5) is 9.59 Å². The maximum absolute atomic E-state index is 12.7. The van der Waals surface area contributed by atoms with Crippen molar-refractivity contribution in [2.24, 2.45) is 16.6 Å². The standard InChI is InChI=1S/C22H35N5O6/c1-21(2,3)32-19(28)26-13-16(14-27(26)20(29)33-22(4,5)6)25-18(23)15-7-9-17(10-8-15)30-11-12-31-24/h7-10,16H,11-14,24H2,1-6H3,(H2,23,25). The molecule has 2 rings (SSSR count). The van der Waals surface area contributed by atoms with Crippen LogP contribution in [-0.4, -0.2) is 71.6 Å². The second kappa shape index (κ2) is 10.7. The molecule has 0 saturated carbocycles. The van der Waals surface area contributed by atoms with Gasteiger partial charge in [0.15, 0.2) is 0 Å². The normalized spacial score (nSPS) is 15.5. The Hall–Kier alpha value is -3.05. The van der Waals surface area contributed by atoms with E-state index in [1.165, 1.54) is 10.0 Å². The van der Waals surface area contributed by atoms with E-state index in [2.05, 4.69) is 9.83 Å². The number of amides is 2. The third-order valence-electron chi connectivity index (χ3n) is 4.21. The molecule has 0 unspecified atom stereocenters. The monoisotopic (exact) mass is 465 g/mol. The van der Waals surface area contributed by atoms with Gasteiger partial charge in [-0.05, 0) is 65.8 Å². The number of carbonyl (C=O) groups is 2. The number of hydrazine groups is 1. The Balaban J connectivity index is 2.16. The van der Waals surface area contributed by atoms with E-state index in [9.17, 15) is 9.59 Å². The van der Waals surface area contributed by atoms with Gasteiger partial charge in [0.05, 0.1) is 19.1 Å². The lowest BCUT2D eigenvalue weighted by Crippen LogP contribution is -2.48. The summed E-state index contributed by atoms with van der Waals surface area (Å²) in [5, 5.41) is 2.41. The van der Waals surface area contributed by atoms with Crippen molar-refractivity contribution >= 4 is 18.0 Å². The Kier molecular flexibility index (Phi) is 8.51. The lowest BCUT2D eigenvalue weighted by molar-refractivity contribution is -0.0428. The second-order valence-electron chi connectivity index (χ2n) is 9.54. The summed E-state index contributed by atoms with van der Waals surface area (Å²) in [7, 11) is 0. The molecule has 11 nitrogen and oxygen atoms in total. The molecule has 0 aliphatic carbocycles. The molecule has 1 aliphatic heterocycles. The molecule has 0 radical (unpaired) electrons. The Bertz CT molecular complexity index is 808. The molecule has 0 bridgehead atoms. The van der Waals surface area contributed by atoms with Crippen molar-refractivity contribution < 1.29 is 28.6 Å². The minimum atomic E-state index is -0.725. The smallest absolute Gasteiger partial charge is 0.429 e. The van der Waals surface area contributed by atoms with Gasteiger partial charge in [0.2, 0.25) is 0 Å². The van der Waals surface area contributed by atoms with Crippen molar-refractivity contribution in [1.82, 2.24) is 10.0 Å².